The molecule has 0 aromatic heterocycles. The summed E-state index contributed by atoms with van der Waals surface area (Å²) in [5.74, 6) is -3.83. The van der Waals surface area contributed by atoms with E-state index < -0.39 is 23.2 Å². The van der Waals surface area contributed by atoms with Crippen LogP contribution in [0.1, 0.15) is 37.0 Å². The molecule has 0 amide bonds. The zero-order valence-electron chi connectivity index (χ0n) is 11.2. The number of benzene rings is 1. The molecule has 1 rings (SSSR count). The molecule has 0 saturated carbocycles. The van der Waals surface area contributed by atoms with Crippen molar-refractivity contribution >= 4 is 11.9 Å². The molecule has 0 aliphatic carbocycles. The summed E-state index contributed by atoms with van der Waals surface area (Å²) in [6, 6.07) is 2.82. The van der Waals surface area contributed by atoms with Gasteiger partial charge in [0, 0.05) is 5.56 Å². The molecule has 0 spiro atoms. The van der Waals surface area contributed by atoms with Crippen LogP contribution in [-0.4, -0.2) is 22.2 Å². The molecule has 4 nitrogen and oxygen atoms in total. The lowest BCUT2D eigenvalue weighted by molar-refractivity contribution is -0.158. The van der Waals surface area contributed by atoms with E-state index in [0.29, 0.717) is 17.5 Å². The summed E-state index contributed by atoms with van der Waals surface area (Å²) < 4.78 is 14.4. The van der Waals surface area contributed by atoms with Gasteiger partial charge in [-0.05, 0) is 30.9 Å². The van der Waals surface area contributed by atoms with Crippen molar-refractivity contribution in [2.45, 2.75) is 39.0 Å². The first-order valence-electron chi connectivity index (χ1n) is 6.08. The van der Waals surface area contributed by atoms with E-state index in [1.54, 1.807) is 19.9 Å². The van der Waals surface area contributed by atoms with E-state index in [1.165, 1.54) is 13.0 Å². The summed E-state index contributed by atoms with van der Waals surface area (Å²) in [6.45, 7) is 4.87. The van der Waals surface area contributed by atoms with Gasteiger partial charge in [0.05, 0.1) is 0 Å². The summed E-state index contributed by atoms with van der Waals surface area (Å²) in [7, 11) is 0. The number of hydrogen-bond donors (Lipinski definition) is 2. The Balaban J connectivity index is 3.66. The monoisotopic (exact) mass is 268 g/mol. The number of halogens is 1. The largest absolute Gasteiger partial charge is 0.480 e. The maximum atomic E-state index is 14.4. The van der Waals surface area contributed by atoms with E-state index >= 15 is 0 Å². The number of rotatable bonds is 5. The van der Waals surface area contributed by atoms with Crippen LogP contribution in [0.4, 0.5) is 4.39 Å². The number of carboxylic acid groups (broad SMARTS) is 2. The van der Waals surface area contributed by atoms with E-state index in [-0.39, 0.29) is 12.0 Å². The molecule has 0 saturated heterocycles. The molecule has 0 aliphatic rings. The predicted octanol–water partition coefficient (Wildman–Crippen LogP) is 2.51. The summed E-state index contributed by atoms with van der Waals surface area (Å²) in [4.78, 5) is 22.8. The average molecular weight is 268 g/mol. The average Bonchev–Trinajstić information content (AvgIpc) is 2.33. The van der Waals surface area contributed by atoms with Gasteiger partial charge in [0.25, 0.3) is 0 Å². The zero-order valence-corrected chi connectivity index (χ0v) is 11.2. The van der Waals surface area contributed by atoms with Crippen molar-refractivity contribution in [2.24, 2.45) is 0 Å². The topological polar surface area (TPSA) is 74.6 Å². The normalized spacial score (nSPS) is 11.4. The second-order valence-corrected chi connectivity index (χ2v) is 4.45. The lowest BCUT2D eigenvalue weighted by atomic mass is 9.76. The SMILES string of the molecule is CCc1c(C)ccc(C(CC)(C(=O)O)C(=O)O)c1F. The summed E-state index contributed by atoms with van der Waals surface area (Å²) in [6.07, 6.45) is 0.158. The fourth-order valence-electron chi connectivity index (χ4n) is 2.30. The molecule has 19 heavy (non-hydrogen) atoms. The Hall–Kier alpha value is -1.91. The first kappa shape index (κ1) is 15.1. The Labute approximate surface area is 110 Å². The highest BCUT2D eigenvalue weighted by atomic mass is 19.1. The third-order valence-electron chi connectivity index (χ3n) is 3.55. The molecular weight excluding hydrogens is 251 g/mol. The lowest BCUT2D eigenvalue weighted by Gasteiger charge is -2.25. The zero-order chi connectivity index (χ0) is 14.8. The van der Waals surface area contributed by atoms with E-state index in [2.05, 4.69) is 0 Å². The molecule has 0 aliphatic heterocycles. The number of aliphatic carboxylic acids is 2. The van der Waals surface area contributed by atoms with E-state index in [1.807, 2.05) is 0 Å². The third kappa shape index (κ3) is 2.20. The number of aryl methyl sites for hydroxylation is 1. The van der Waals surface area contributed by atoms with Crippen molar-refractivity contribution in [3.05, 3.63) is 34.6 Å². The van der Waals surface area contributed by atoms with Gasteiger partial charge in [0.2, 0.25) is 0 Å². The highest BCUT2D eigenvalue weighted by Gasteiger charge is 2.48. The third-order valence-corrected chi connectivity index (χ3v) is 3.55. The van der Waals surface area contributed by atoms with Crippen LogP contribution in [0, 0.1) is 12.7 Å². The maximum Gasteiger partial charge on any atom is 0.325 e. The fraction of sp³-hybridized carbons (Fsp3) is 0.429. The number of hydrogen-bond acceptors (Lipinski definition) is 2. The summed E-state index contributed by atoms with van der Waals surface area (Å²) in [5.41, 5.74) is -1.47. The minimum Gasteiger partial charge on any atom is -0.480 e. The van der Waals surface area contributed by atoms with Crippen LogP contribution in [0.2, 0.25) is 0 Å². The molecule has 104 valence electrons. The second kappa shape index (κ2) is 5.38. The van der Waals surface area contributed by atoms with Crippen LogP contribution in [0.3, 0.4) is 0 Å². The first-order chi connectivity index (χ1) is 8.82. The summed E-state index contributed by atoms with van der Waals surface area (Å²) >= 11 is 0. The number of carbonyl (C=O) groups is 2. The molecule has 0 atom stereocenters. The smallest absolute Gasteiger partial charge is 0.325 e. The van der Waals surface area contributed by atoms with Crippen molar-refractivity contribution in [3.63, 3.8) is 0 Å². The van der Waals surface area contributed by atoms with Crippen LogP contribution in [0.5, 0.6) is 0 Å². The Kier molecular flexibility index (Phi) is 4.29. The number of carboxylic acids is 2. The van der Waals surface area contributed by atoms with E-state index in [4.69, 9.17) is 0 Å². The van der Waals surface area contributed by atoms with Gasteiger partial charge in [-0.2, -0.15) is 0 Å². The van der Waals surface area contributed by atoms with Crippen LogP contribution in [0.15, 0.2) is 12.1 Å². The molecule has 0 heterocycles. The molecule has 0 fully saturated rings. The highest BCUT2D eigenvalue weighted by molar-refractivity contribution is 6.04. The van der Waals surface area contributed by atoms with Crippen LogP contribution >= 0.6 is 0 Å². The predicted molar refractivity (Wildman–Crippen MR) is 67.8 cm³/mol. The van der Waals surface area contributed by atoms with Gasteiger partial charge in [-0.25, -0.2) is 4.39 Å². The van der Waals surface area contributed by atoms with Crippen molar-refractivity contribution in [3.8, 4) is 0 Å². The quantitative estimate of drug-likeness (QED) is 0.805. The minimum atomic E-state index is -2.23. The maximum absolute atomic E-state index is 14.4. The molecule has 0 radical (unpaired) electrons. The van der Waals surface area contributed by atoms with Crippen molar-refractivity contribution in [1.29, 1.82) is 0 Å². The first-order valence-corrected chi connectivity index (χ1v) is 6.08. The molecule has 1 aromatic carbocycles. The van der Waals surface area contributed by atoms with E-state index in [0.717, 1.165) is 0 Å². The molecular formula is C14H17FO4. The lowest BCUT2D eigenvalue weighted by Crippen LogP contribution is -2.44. The van der Waals surface area contributed by atoms with Crippen LogP contribution in [-0.2, 0) is 21.4 Å². The molecule has 5 heteroatoms. The van der Waals surface area contributed by atoms with Gasteiger partial charge < -0.3 is 10.2 Å². The molecule has 0 bridgehead atoms. The Morgan fingerprint density at radius 1 is 1.21 bits per heavy atom. The van der Waals surface area contributed by atoms with Gasteiger partial charge in [-0.1, -0.05) is 26.0 Å². The van der Waals surface area contributed by atoms with Crippen LogP contribution in [0.25, 0.3) is 0 Å². The highest BCUT2D eigenvalue weighted by Crippen LogP contribution is 2.33. The Bertz CT molecular complexity index is 508. The van der Waals surface area contributed by atoms with Gasteiger partial charge in [0.1, 0.15) is 5.82 Å². The molecule has 1 aromatic rings. The fourth-order valence-corrected chi connectivity index (χ4v) is 2.30. The van der Waals surface area contributed by atoms with Crippen molar-refractivity contribution < 1.29 is 24.2 Å². The molecule has 2 N–H and O–H groups in total. The summed E-state index contributed by atoms with van der Waals surface area (Å²) in [5, 5.41) is 18.5. The van der Waals surface area contributed by atoms with Gasteiger partial charge in [-0.3, -0.25) is 9.59 Å². The van der Waals surface area contributed by atoms with E-state index in [9.17, 15) is 24.2 Å². The second-order valence-electron chi connectivity index (χ2n) is 4.45. The Morgan fingerprint density at radius 2 is 1.74 bits per heavy atom. The van der Waals surface area contributed by atoms with Gasteiger partial charge in [-0.15, -0.1) is 0 Å². The minimum absolute atomic E-state index is 0.221. The Morgan fingerprint density at radius 3 is 2.11 bits per heavy atom. The standard InChI is InChI=1S/C14H17FO4/c1-4-9-8(3)6-7-10(11(9)15)14(5-2,12(16)17)13(18)19/h6-7H,4-5H2,1-3H3,(H,16,17)(H,18,19). The van der Waals surface area contributed by atoms with Gasteiger partial charge >= 0.3 is 11.9 Å². The van der Waals surface area contributed by atoms with Crippen LogP contribution < -0.4 is 0 Å². The van der Waals surface area contributed by atoms with Crippen molar-refractivity contribution in [1.82, 2.24) is 0 Å². The van der Waals surface area contributed by atoms with Crippen molar-refractivity contribution in [2.75, 3.05) is 0 Å². The molecule has 0 unspecified atom stereocenters. The van der Waals surface area contributed by atoms with Gasteiger partial charge in [0.15, 0.2) is 5.41 Å².